The van der Waals surface area contributed by atoms with E-state index in [0.717, 1.165) is 4.88 Å². The van der Waals surface area contributed by atoms with Crippen molar-refractivity contribution in [1.82, 2.24) is 9.80 Å². The molecule has 1 aromatic heterocycles. The molecule has 2 atom stereocenters. The summed E-state index contributed by atoms with van der Waals surface area (Å²) in [6.45, 7) is 7.76. The average Bonchev–Trinajstić information content (AvgIpc) is 3.16. The van der Waals surface area contributed by atoms with Crippen LogP contribution in [0.25, 0.3) is 0 Å². The Morgan fingerprint density at radius 1 is 1.64 bits per heavy atom. The molecule has 1 aromatic rings. The lowest BCUT2D eigenvalue weighted by Crippen LogP contribution is -2.46. The van der Waals surface area contributed by atoms with Crippen LogP contribution in [0.5, 0.6) is 0 Å². The van der Waals surface area contributed by atoms with Gasteiger partial charge in [-0.15, -0.1) is 17.9 Å². The third kappa shape index (κ3) is 3.96. The number of carboxylic acids is 1. The summed E-state index contributed by atoms with van der Waals surface area (Å²) in [6.07, 6.45) is 2.33. The second-order valence-electron chi connectivity index (χ2n) is 5.58. The molecule has 0 saturated carbocycles. The number of rotatable bonds is 7. The Balaban J connectivity index is 2.00. The van der Waals surface area contributed by atoms with E-state index in [1.54, 1.807) is 22.3 Å². The minimum Gasteiger partial charge on any atom is -0.481 e. The summed E-state index contributed by atoms with van der Waals surface area (Å²) in [7, 11) is 0. The van der Waals surface area contributed by atoms with Crippen LogP contribution in [0.2, 0.25) is 0 Å². The van der Waals surface area contributed by atoms with Gasteiger partial charge in [-0.1, -0.05) is 12.1 Å². The molecule has 0 radical (unpaired) electrons. The van der Waals surface area contributed by atoms with Gasteiger partial charge in [0.05, 0.1) is 18.5 Å². The lowest BCUT2D eigenvalue weighted by molar-refractivity contribution is -0.142. The minimum atomic E-state index is -0.774. The molecule has 120 valence electrons. The van der Waals surface area contributed by atoms with Gasteiger partial charge in [0, 0.05) is 18.0 Å². The summed E-state index contributed by atoms with van der Waals surface area (Å²) < 4.78 is 0. The van der Waals surface area contributed by atoms with Crippen LogP contribution >= 0.6 is 11.3 Å². The van der Waals surface area contributed by atoms with Gasteiger partial charge >= 0.3 is 5.97 Å². The quantitative estimate of drug-likeness (QED) is 0.781. The normalized spacial score (nSPS) is 19.8. The van der Waals surface area contributed by atoms with Crippen molar-refractivity contribution in [2.75, 3.05) is 19.6 Å². The van der Waals surface area contributed by atoms with Crippen molar-refractivity contribution in [2.24, 2.45) is 5.92 Å². The van der Waals surface area contributed by atoms with Gasteiger partial charge in [0.2, 0.25) is 5.91 Å². The average molecular weight is 322 g/mol. The molecule has 0 bridgehead atoms. The summed E-state index contributed by atoms with van der Waals surface area (Å²) in [5, 5.41) is 11.1. The maximum Gasteiger partial charge on any atom is 0.307 e. The van der Waals surface area contributed by atoms with Crippen molar-refractivity contribution in [3.8, 4) is 0 Å². The molecule has 1 amide bonds. The van der Waals surface area contributed by atoms with Gasteiger partial charge in [0.15, 0.2) is 0 Å². The van der Waals surface area contributed by atoms with Crippen molar-refractivity contribution in [1.29, 1.82) is 0 Å². The molecule has 2 heterocycles. The maximum absolute atomic E-state index is 12.7. The number of carbonyl (C=O) groups excluding carboxylic acids is 1. The number of hydrogen-bond acceptors (Lipinski definition) is 4. The molecule has 1 aliphatic rings. The predicted molar refractivity (Wildman–Crippen MR) is 86.7 cm³/mol. The number of amides is 1. The van der Waals surface area contributed by atoms with E-state index in [0.29, 0.717) is 32.6 Å². The van der Waals surface area contributed by atoms with Crippen LogP contribution in [0, 0.1) is 5.92 Å². The van der Waals surface area contributed by atoms with Crippen molar-refractivity contribution >= 4 is 23.2 Å². The topological polar surface area (TPSA) is 60.9 Å². The Labute approximate surface area is 134 Å². The predicted octanol–water partition coefficient (Wildman–Crippen LogP) is 2.06. The Bertz CT molecular complexity index is 530. The molecule has 6 heteroatoms. The number of aliphatic carboxylic acids is 1. The van der Waals surface area contributed by atoms with E-state index in [9.17, 15) is 9.59 Å². The molecule has 0 aromatic carbocycles. The first-order chi connectivity index (χ1) is 10.5. The van der Waals surface area contributed by atoms with E-state index < -0.39 is 5.97 Å². The lowest BCUT2D eigenvalue weighted by atomic mass is 10.1. The summed E-state index contributed by atoms with van der Waals surface area (Å²) in [5.41, 5.74) is 0. The highest BCUT2D eigenvalue weighted by molar-refractivity contribution is 7.09. The zero-order valence-corrected chi connectivity index (χ0v) is 13.6. The summed E-state index contributed by atoms with van der Waals surface area (Å²) in [4.78, 5) is 28.6. The fraction of sp³-hybridized carbons (Fsp3) is 0.500. The van der Waals surface area contributed by atoms with Crippen LogP contribution < -0.4 is 0 Å². The first-order valence-corrected chi connectivity index (χ1v) is 8.29. The Morgan fingerprint density at radius 3 is 2.95 bits per heavy atom. The Kier molecular flexibility index (Phi) is 5.74. The summed E-state index contributed by atoms with van der Waals surface area (Å²) in [6, 6.07) is 3.68. The van der Waals surface area contributed by atoms with Gasteiger partial charge in [-0.2, -0.15) is 0 Å². The van der Waals surface area contributed by atoms with Gasteiger partial charge in [-0.3, -0.25) is 14.5 Å². The highest BCUT2D eigenvalue weighted by Gasteiger charge is 2.34. The third-order valence-corrected chi connectivity index (χ3v) is 4.92. The molecule has 5 nitrogen and oxygen atoms in total. The summed E-state index contributed by atoms with van der Waals surface area (Å²) >= 11 is 1.62. The fourth-order valence-corrected chi connectivity index (χ4v) is 3.46. The summed E-state index contributed by atoms with van der Waals surface area (Å²) in [5.74, 6) is -1.11. The zero-order chi connectivity index (χ0) is 16.1. The third-order valence-electron chi connectivity index (χ3n) is 4.06. The van der Waals surface area contributed by atoms with Gasteiger partial charge in [-0.05, 0) is 31.3 Å². The number of likely N-dealkylation sites (tertiary alicyclic amines) is 1. The van der Waals surface area contributed by atoms with Crippen LogP contribution in [-0.4, -0.2) is 52.5 Å². The lowest BCUT2D eigenvalue weighted by Gasteiger charge is -2.29. The SMILES string of the molecule is C=CCN(Cc1cccs1)C(=O)C(C)N1CCC(C(=O)O)C1. The van der Waals surface area contributed by atoms with Crippen molar-refractivity contribution < 1.29 is 14.7 Å². The molecule has 1 aliphatic heterocycles. The molecule has 2 unspecified atom stereocenters. The fourth-order valence-electron chi connectivity index (χ4n) is 2.74. The van der Waals surface area contributed by atoms with E-state index in [2.05, 4.69) is 6.58 Å². The van der Waals surface area contributed by atoms with Crippen molar-refractivity contribution in [3.63, 3.8) is 0 Å². The van der Waals surface area contributed by atoms with Gasteiger partial charge in [0.25, 0.3) is 0 Å². The first kappa shape index (κ1) is 16.7. The highest BCUT2D eigenvalue weighted by Crippen LogP contribution is 2.21. The van der Waals surface area contributed by atoms with E-state index >= 15 is 0 Å². The van der Waals surface area contributed by atoms with Crippen LogP contribution in [0.15, 0.2) is 30.2 Å². The monoisotopic (exact) mass is 322 g/mol. The molecule has 1 saturated heterocycles. The van der Waals surface area contributed by atoms with Crippen LogP contribution in [0.1, 0.15) is 18.2 Å². The highest BCUT2D eigenvalue weighted by atomic mass is 32.1. The van der Waals surface area contributed by atoms with Crippen LogP contribution in [0.4, 0.5) is 0 Å². The molecule has 0 aliphatic carbocycles. The molecule has 1 fully saturated rings. The number of carbonyl (C=O) groups is 2. The maximum atomic E-state index is 12.7. The minimum absolute atomic E-state index is 0.0272. The van der Waals surface area contributed by atoms with Crippen molar-refractivity contribution in [2.45, 2.75) is 25.9 Å². The zero-order valence-electron chi connectivity index (χ0n) is 12.8. The van der Waals surface area contributed by atoms with Gasteiger partial charge < -0.3 is 10.0 Å². The Morgan fingerprint density at radius 2 is 2.41 bits per heavy atom. The molecule has 22 heavy (non-hydrogen) atoms. The van der Waals surface area contributed by atoms with E-state index in [4.69, 9.17) is 5.11 Å². The standard InChI is InChI=1S/C16H22N2O3S/c1-3-7-18(11-14-5-4-9-22-14)15(19)12(2)17-8-6-13(10-17)16(20)21/h3-5,9,12-13H,1,6-8,10-11H2,2H3,(H,20,21). The largest absolute Gasteiger partial charge is 0.481 e. The van der Waals surface area contributed by atoms with Crippen molar-refractivity contribution in [3.05, 3.63) is 35.0 Å². The number of nitrogens with zero attached hydrogens (tertiary/aromatic N) is 2. The number of thiophene rings is 1. The molecular formula is C16H22N2O3S. The van der Waals surface area contributed by atoms with Crippen LogP contribution in [0.3, 0.4) is 0 Å². The number of carboxylic acid groups (broad SMARTS) is 1. The van der Waals surface area contributed by atoms with Gasteiger partial charge in [0.1, 0.15) is 0 Å². The Hall–Kier alpha value is -1.66. The molecule has 0 spiro atoms. The van der Waals surface area contributed by atoms with E-state index in [1.807, 2.05) is 29.3 Å². The molecule has 1 N–H and O–H groups in total. The second-order valence-corrected chi connectivity index (χ2v) is 6.61. The number of hydrogen-bond donors (Lipinski definition) is 1. The molecular weight excluding hydrogens is 300 g/mol. The van der Waals surface area contributed by atoms with E-state index in [1.165, 1.54) is 0 Å². The van der Waals surface area contributed by atoms with Crippen LogP contribution in [-0.2, 0) is 16.1 Å². The smallest absolute Gasteiger partial charge is 0.307 e. The van der Waals surface area contributed by atoms with E-state index in [-0.39, 0.29) is 17.9 Å². The second kappa shape index (κ2) is 7.56. The molecule has 2 rings (SSSR count). The first-order valence-electron chi connectivity index (χ1n) is 7.41. The van der Waals surface area contributed by atoms with Gasteiger partial charge in [-0.25, -0.2) is 0 Å².